The van der Waals surface area contributed by atoms with Crippen molar-refractivity contribution >= 4 is 23.3 Å². The highest BCUT2D eigenvalue weighted by Crippen LogP contribution is 2.65. The van der Waals surface area contributed by atoms with Gasteiger partial charge >= 0.3 is 0 Å². The number of hydrogen-bond acceptors (Lipinski definition) is 3. The molecule has 1 aliphatic heterocycles. The predicted molar refractivity (Wildman–Crippen MR) is 144 cm³/mol. The number of benzene rings is 2. The molecule has 2 N–H and O–H groups in total. The second-order valence-corrected chi connectivity index (χ2v) is 12.1. The van der Waals surface area contributed by atoms with E-state index in [1.54, 1.807) is 12.1 Å². The van der Waals surface area contributed by atoms with Gasteiger partial charge in [-0.05, 0) is 79.9 Å². The lowest BCUT2D eigenvalue weighted by molar-refractivity contribution is -0.129. The number of amides is 2. The summed E-state index contributed by atoms with van der Waals surface area (Å²) < 4.78 is 0. The van der Waals surface area contributed by atoms with Gasteiger partial charge in [0.1, 0.15) is 0 Å². The van der Waals surface area contributed by atoms with Gasteiger partial charge in [0.2, 0.25) is 11.8 Å². The summed E-state index contributed by atoms with van der Waals surface area (Å²) in [6.45, 7) is 4.66. The van der Waals surface area contributed by atoms with Gasteiger partial charge in [-0.25, -0.2) is 0 Å². The van der Waals surface area contributed by atoms with Crippen molar-refractivity contribution < 1.29 is 14.4 Å². The average molecular weight is 497 g/mol. The van der Waals surface area contributed by atoms with Crippen molar-refractivity contribution in [1.29, 1.82) is 0 Å². The van der Waals surface area contributed by atoms with Gasteiger partial charge in [0.25, 0.3) is 0 Å². The first-order chi connectivity index (χ1) is 17.8. The van der Waals surface area contributed by atoms with E-state index >= 15 is 0 Å². The largest absolute Gasteiger partial charge is 0.349 e. The summed E-state index contributed by atoms with van der Waals surface area (Å²) in [5.74, 6) is 1.55. The Hall–Kier alpha value is -3.21. The molecule has 3 fully saturated rings. The van der Waals surface area contributed by atoms with Gasteiger partial charge in [-0.3, -0.25) is 14.4 Å². The Balaban J connectivity index is 1.22. The number of anilines is 1. The molecule has 4 aliphatic rings. The number of para-hydroxylation sites is 1. The van der Waals surface area contributed by atoms with Crippen LogP contribution in [0.25, 0.3) is 0 Å². The van der Waals surface area contributed by atoms with Crippen molar-refractivity contribution in [2.24, 2.45) is 34.5 Å². The Kier molecular flexibility index (Phi) is 5.85. The molecule has 0 spiro atoms. The molecule has 0 unspecified atom stereocenters. The van der Waals surface area contributed by atoms with Crippen molar-refractivity contribution in [3.05, 3.63) is 77.9 Å². The normalized spacial score (nSPS) is 36.1. The molecule has 2 amide bonds. The minimum absolute atomic E-state index is 0.00472. The fourth-order valence-electron chi connectivity index (χ4n) is 8.52. The van der Waals surface area contributed by atoms with E-state index in [4.69, 9.17) is 0 Å². The van der Waals surface area contributed by atoms with E-state index in [2.05, 4.69) is 30.6 Å². The van der Waals surface area contributed by atoms with E-state index in [9.17, 15) is 14.4 Å². The molecule has 37 heavy (non-hydrogen) atoms. The van der Waals surface area contributed by atoms with Crippen LogP contribution < -0.4 is 10.6 Å². The Morgan fingerprint density at radius 3 is 2.46 bits per heavy atom. The van der Waals surface area contributed by atoms with E-state index in [0.29, 0.717) is 34.6 Å². The zero-order chi connectivity index (χ0) is 25.8. The molecule has 192 valence electrons. The summed E-state index contributed by atoms with van der Waals surface area (Å²) in [4.78, 5) is 39.0. The number of hydrogen-bond donors (Lipinski definition) is 2. The SMILES string of the molecule is C[C@]12C=CC(=O)N[C@@H]1CC[C@@H]1[C@@H]2CC[C@]2(C)[C@@H](C(=O)Nc3ccccc3C(=O)c3ccccc3)CC[C@@H]12. The lowest BCUT2D eigenvalue weighted by Crippen LogP contribution is -2.59. The molecular weight excluding hydrogens is 460 g/mol. The smallest absolute Gasteiger partial charge is 0.243 e. The first-order valence-corrected chi connectivity index (χ1v) is 13.8. The maximum atomic E-state index is 13.8. The minimum atomic E-state index is -0.0786. The summed E-state index contributed by atoms with van der Waals surface area (Å²) in [7, 11) is 0. The lowest BCUT2D eigenvalue weighted by Gasteiger charge is -2.58. The fraction of sp³-hybridized carbons (Fsp3) is 0.469. The van der Waals surface area contributed by atoms with Gasteiger partial charge in [0, 0.05) is 28.5 Å². The topological polar surface area (TPSA) is 75.3 Å². The van der Waals surface area contributed by atoms with Crippen LogP contribution in [0, 0.1) is 34.5 Å². The van der Waals surface area contributed by atoms with Crippen LogP contribution in [0.4, 0.5) is 5.69 Å². The van der Waals surface area contributed by atoms with Crippen LogP contribution in [0.2, 0.25) is 0 Å². The molecule has 7 atom stereocenters. The molecule has 3 aliphatic carbocycles. The summed E-state index contributed by atoms with van der Waals surface area (Å²) in [6, 6.07) is 16.8. The molecule has 0 saturated heterocycles. The van der Waals surface area contributed by atoms with Crippen molar-refractivity contribution in [2.75, 3.05) is 5.32 Å². The molecule has 2 aromatic rings. The lowest BCUT2D eigenvalue weighted by atomic mass is 9.48. The summed E-state index contributed by atoms with van der Waals surface area (Å²) in [6.07, 6.45) is 10.1. The van der Waals surface area contributed by atoms with Gasteiger partial charge < -0.3 is 10.6 Å². The van der Waals surface area contributed by atoms with E-state index < -0.39 is 0 Å². The summed E-state index contributed by atoms with van der Waals surface area (Å²) >= 11 is 0. The third-order valence-electron chi connectivity index (χ3n) is 10.5. The van der Waals surface area contributed by atoms with Crippen molar-refractivity contribution in [1.82, 2.24) is 5.32 Å². The van der Waals surface area contributed by atoms with Crippen molar-refractivity contribution in [3.8, 4) is 0 Å². The Morgan fingerprint density at radius 2 is 1.65 bits per heavy atom. The maximum absolute atomic E-state index is 13.8. The highest BCUT2D eigenvalue weighted by molar-refractivity contribution is 6.14. The second-order valence-electron chi connectivity index (χ2n) is 12.1. The molecule has 6 rings (SSSR count). The number of fused-ring (bicyclic) bond motifs is 5. The van der Waals surface area contributed by atoms with Crippen LogP contribution in [-0.4, -0.2) is 23.6 Å². The Bertz CT molecular complexity index is 1270. The summed E-state index contributed by atoms with van der Waals surface area (Å²) in [5, 5.41) is 6.40. The van der Waals surface area contributed by atoms with Crippen molar-refractivity contribution in [3.63, 3.8) is 0 Å². The number of carbonyl (C=O) groups is 3. The molecule has 5 nitrogen and oxygen atoms in total. The van der Waals surface area contributed by atoms with E-state index in [0.717, 1.165) is 38.5 Å². The van der Waals surface area contributed by atoms with Crippen LogP contribution in [0.1, 0.15) is 68.3 Å². The second kappa shape index (κ2) is 8.97. The standard InChI is InChI=1S/C32H36N2O3/c1-31-18-16-24-21(12-15-27-32(24,2)19-17-28(35)34-27)23(31)13-14-25(31)30(37)33-26-11-7-6-10-22(26)29(36)20-8-4-3-5-9-20/h3-11,17,19,21,23-25,27H,12-16,18H2,1-2H3,(H,33,37)(H,34,35)/t21-,23-,24-,25+,27+,31-,32+/m0/s1. The minimum Gasteiger partial charge on any atom is -0.349 e. The van der Waals surface area contributed by atoms with Crippen LogP contribution in [0.15, 0.2) is 66.7 Å². The van der Waals surface area contributed by atoms with Gasteiger partial charge in [-0.15, -0.1) is 0 Å². The number of nitrogens with one attached hydrogen (secondary N) is 2. The van der Waals surface area contributed by atoms with Crippen LogP contribution in [0.5, 0.6) is 0 Å². The third kappa shape index (κ3) is 3.86. The average Bonchev–Trinajstić information content (AvgIpc) is 3.27. The Morgan fingerprint density at radius 1 is 0.892 bits per heavy atom. The molecule has 0 aromatic heterocycles. The quantitative estimate of drug-likeness (QED) is 0.528. The molecule has 0 radical (unpaired) electrons. The van der Waals surface area contributed by atoms with Crippen LogP contribution in [-0.2, 0) is 9.59 Å². The van der Waals surface area contributed by atoms with E-state index in [-0.39, 0.29) is 40.4 Å². The molecule has 0 bridgehead atoms. The first kappa shape index (κ1) is 24.1. The van der Waals surface area contributed by atoms with Gasteiger partial charge in [0.05, 0.1) is 5.69 Å². The fourth-order valence-corrected chi connectivity index (χ4v) is 8.52. The maximum Gasteiger partial charge on any atom is 0.243 e. The highest BCUT2D eigenvalue weighted by Gasteiger charge is 2.60. The van der Waals surface area contributed by atoms with E-state index in [1.165, 1.54) is 0 Å². The zero-order valence-corrected chi connectivity index (χ0v) is 21.7. The van der Waals surface area contributed by atoms with Crippen molar-refractivity contribution in [2.45, 2.75) is 58.4 Å². The number of carbonyl (C=O) groups excluding carboxylic acids is 3. The van der Waals surface area contributed by atoms with Gasteiger partial charge in [-0.1, -0.05) is 62.4 Å². The van der Waals surface area contributed by atoms with Gasteiger partial charge in [0.15, 0.2) is 5.78 Å². The predicted octanol–water partition coefficient (Wildman–Crippen LogP) is 5.77. The zero-order valence-electron chi connectivity index (χ0n) is 21.7. The van der Waals surface area contributed by atoms with Crippen LogP contribution in [0.3, 0.4) is 0 Å². The Labute approximate surface area is 219 Å². The third-order valence-corrected chi connectivity index (χ3v) is 10.5. The number of ketones is 1. The first-order valence-electron chi connectivity index (χ1n) is 13.8. The number of rotatable bonds is 4. The summed E-state index contributed by atoms with van der Waals surface area (Å²) in [5.41, 5.74) is 1.69. The molecule has 1 heterocycles. The molecular formula is C32H36N2O3. The molecule has 5 heteroatoms. The van der Waals surface area contributed by atoms with E-state index in [1.807, 2.05) is 48.5 Å². The monoisotopic (exact) mass is 496 g/mol. The van der Waals surface area contributed by atoms with Gasteiger partial charge in [-0.2, -0.15) is 0 Å². The molecule has 2 aromatic carbocycles. The highest BCUT2D eigenvalue weighted by atomic mass is 16.2. The van der Waals surface area contributed by atoms with Crippen LogP contribution >= 0.6 is 0 Å². The molecule has 3 saturated carbocycles.